The predicted molar refractivity (Wildman–Crippen MR) is 103 cm³/mol. The van der Waals surface area contributed by atoms with E-state index >= 15 is 0 Å². The molecule has 1 heterocycles. The maximum absolute atomic E-state index is 13.6. The molecule has 1 aliphatic heterocycles. The number of carbonyl (C=O) groups excluding carboxylic acids is 1. The normalized spacial score (nSPS) is 16.3. The molecule has 1 amide bonds. The van der Waals surface area contributed by atoms with Crippen LogP contribution in [0, 0.1) is 5.82 Å². The summed E-state index contributed by atoms with van der Waals surface area (Å²) in [6.07, 6.45) is 0. The quantitative estimate of drug-likeness (QED) is 0.870. The fourth-order valence-electron chi connectivity index (χ4n) is 3.16. The van der Waals surface area contributed by atoms with E-state index in [-0.39, 0.29) is 24.3 Å². The van der Waals surface area contributed by atoms with E-state index in [9.17, 15) is 9.18 Å². The molecule has 0 bridgehead atoms. The molecule has 0 spiro atoms. The highest BCUT2D eigenvalue weighted by molar-refractivity contribution is 6.30. The molecule has 26 heavy (non-hydrogen) atoms. The van der Waals surface area contributed by atoms with Crippen LogP contribution in [0.3, 0.4) is 0 Å². The van der Waals surface area contributed by atoms with E-state index < -0.39 is 0 Å². The van der Waals surface area contributed by atoms with Gasteiger partial charge < -0.3 is 10.2 Å². The number of anilines is 1. The summed E-state index contributed by atoms with van der Waals surface area (Å²) in [5, 5.41) is 3.57. The van der Waals surface area contributed by atoms with Gasteiger partial charge in [-0.1, -0.05) is 29.8 Å². The molecule has 138 valence electrons. The Morgan fingerprint density at radius 1 is 1.12 bits per heavy atom. The van der Waals surface area contributed by atoms with Crippen LogP contribution in [0.2, 0.25) is 5.02 Å². The van der Waals surface area contributed by atoms with Crippen LogP contribution in [0.4, 0.5) is 10.1 Å². The summed E-state index contributed by atoms with van der Waals surface area (Å²) in [5.41, 5.74) is 1.64. The lowest BCUT2D eigenvalue weighted by atomic mass is 10.1. The van der Waals surface area contributed by atoms with Crippen LogP contribution in [0.5, 0.6) is 0 Å². The van der Waals surface area contributed by atoms with Crippen LogP contribution >= 0.6 is 11.6 Å². The predicted octanol–water partition coefficient (Wildman–Crippen LogP) is 3.31. The second kappa shape index (κ2) is 8.52. The summed E-state index contributed by atoms with van der Waals surface area (Å²) in [4.78, 5) is 16.9. The van der Waals surface area contributed by atoms with E-state index in [1.807, 2.05) is 31.2 Å². The van der Waals surface area contributed by atoms with Gasteiger partial charge in [0.25, 0.3) is 0 Å². The Kier molecular flexibility index (Phi) is 6.12. The standard InChI is InChI=1S/C20H23ClFN3O/c1-15(20(26)23-14-16-4-2-3-5-19(16)22)24-10-12-25(13-11-24)18-8-6-17(21)7-9-18/h2-9,15H,10-14H2,1H3,(H,23,26). The van der Waals surface area contributed by atoms with E-state index in [0.717, 1.165) is 36.9 Å². The zero-order valence-electron chi connectivity index (χ0n) is 14.8. The van der Waals surface area contributed by atoms with Crippen molar-refractivity contribution in [2.75, 3.05) is 31.1 Å². The van der Waals surface area contributed by atoms with Gasteiger partial charge in [0.1, 0.15) is 5.82 Å². The third-order valence-electron chi connectivity index (χ3n) is 4.84. The number of hydrogen-bond donors (Lipinski definition) is 1. The molecule has 4 nitrogen and oxygen atoms in total. The molecule has 1 N–H and O–H groups in total. The van der Waals surface area contributed by atoms with Crippen LogP contribution in [-0.4, -0.2) is 43.0 Å². The van der Waals surface area contributed by atoms with Crippen molar-refractivity contribution in [2.24, 2.45) is 0 Å². The highest BCUT2D eigenvalue weighted by Crippen LogP contribution is 2.20. The minimum atomic E-state index is -0.294. The number of piperazine rings is 1. The molecule has 0 saturated carbocycles. The van der Waals surface area contributed by atoms with Crippen molar-refractivity contribution < 1.29 is 9.18 Å². The molecule has 1 fully saturated rings. The second-order valence-electron chi connectivity index (χ2n) is 6.48. The number of nitrogens with zero attached hydrogens (tertiary/aromatic N) is 2. The molecule has 2 aromatic rings. The van der Waals surface area contributed by atoms with E-state index in [1.165, 1.54) is 6.07 Å². The average Bonchev–Trinajstić information content (AvgIpc) is 2.67. The maximum atomic E-state index is 13.6. The van der Waals surface area contributed by atoms with Gasteiger partial charge >= 0.3 is 0 Å². The Hall–Kier alpha value is -2.11. The van der Waals surface area contributed by atoms with Crippen molar-refractivity contribution >= 4 is 23.2 Å². The van der Waals surface area contributed by atoms with E-state index in [0.29, 0.717) is 5.56 Å². The van der Waals surface area contributed by atoms with E-state index in [2.05, 4.69) is 15.1 Å². The number of halogens is 2. The first kappa shape index (κ1) is 18.7. The summed E-state index contributed by atoms with van der Waals surface area (Å²) >= 11 is 5.94. The molecule has 0 aliphatic carbocycles. The molecule has 1 atom stereocenters. The highest BCUT2D eigenvalue weighted by atomic mass is 35.5. The van der Waals surface area contributed by atoms with Crippen LogP contribution in [0.25, 0.3) is 0 Å². The van der Waals surface area contributed by atoms with Gasteiger partial charge in [-0.05, 0) is 37.3 Å². The lowest BCUT2D eigenvalue weighted by Gasteiger charge is -2.38. The second-order valence-corrected chi connectivity index (χ2v) is 6.92. The van der Waals surface area contributed by atoms with Crippen molar-refractivity contribution in [3.8, 4) is 0 Å². The van der Waals surface area contributed by atoms with Crippen LogP contribution < -0.4 is 10.2 Å². The van der Waals surface area contributed by atoms with Gasteiger partial charge in [-0.15, -0.1) is 0 Å². The Labute approximate surface area is 158 Å². The first-order valence-electron chi connectivity index (χ1n) is 8.80. The number of rotatable bonds is 5. The monoisotopic (exact) mass is 375 g/mol. The Balaban J connectivity index is 1.49. The Morgan fingerprint density at radius 2 is 1.77 bits per heavy atom. The minimum absolute atomic E-state index is 0.0757. The summed E-state index contributed by atoms with van der Waals surface area (Å²) in [6, 6.07) is 14.1. The van der Waals surface area contributed by atoms with Crippen molar-refractivity contribution in [1.82, 2.24) is 10.2 Å². The van der Waals surface area contributed by atoms with Crippen molar-refractivity contribution in [2.45, 2.75) is 19.5 Å². The Bertz CT molecular complexity index is 745. The summed E-state index contributed by atoms with van der Waals surface area (Å²) in [5.74, 6) is -0.370. The Morgan fingerprint density at radius 3 is 2.42 bits per heavy atom. The van der Waals surface area contributed by atoms with Crippen LogP contribution in [0.15, 0.2) is 48.5 Å². The number of carbonyl (C=O) groups is 1. The molecule has 3 rings (SSSR count). The average molecular weight is 376 g/mol. The maximum Gasteiger partial charge on any atom is 0.237 e. The number of nitrogens with one attached hydrogen (secondary N) is 1. The summed E-state index contributed by atoms with van der Waals surface area (Å²) < 4.78 is 13.6. The molecule has 6 heteroatoms. The summed E-state index contributed by atoms with van der Waals surface area (Å²) in [6.45, 7) is 5.42. The zero-order chi connectivity index (χ0) is 18.5. The van der Waals surface area contributed by atoms with Crippen molar-refractivity contribution in [3.63, 3.8) is 0 Å². The fraction of sp³-hybridized carbons (Fsp3) is 0.350. The van der Waals surface area contributed by atoms with Crippen LogP contribution in [-0.2, 0) is 11.3 Å². The van der Waals surface area contributed by atoms with Crippen molar-refractivity contribution in [1.29, 1.82) is 0 Å². The number of hydrogen-bond acceptors (Lipinski definition) is 3. The summed E-state index contributed by atoms with van der Waals surface area (Å²) in [7, 11) is 0. The molecule has 1 unspecified atom stereocenters. The molecule has 2 aromatic carbocycles. The number of benzene rings is 2. The molecule has 0 radical (unpaired) electrons. The van der Waals surface area contributed by atoms with Gasteiger partial charge in [-0.2, -0.15) is 0 Å². The third-order valence-corrected chi connectivity index (χ3v) is 5.10. The van der Waals surface area contributed by atoms with Gasteiger partial charge in [0, 0.05) is 49.0 Å². The van der Waals surface area contributed by atoms with Gasteiger partial charge in [0.2, 0.25) is 5.91 Å². The molecular weight excluding hydrogens is 353 g/mol. The number of amides is 1. The highest BCUT2D eigenvalue weighted by Gasteiger charge is 2.25. The molecule has 1 aliphatic rings. The molecule has 0 aromatic heterocycles. The third kappa shape index (κ3) is 4.54. The van der Waals surface area contributed by atoms with Crippen molar-refractivity contribution in [3.05, 3.63) is 64.9 Å². The fourth-order valence-corrected chi connectivity index (χ4v) is 3.28. The lowest BCUT2D eigenvalue weighted by molar-refractivity contribution is -0.126. The topological polar surface area (TPSA) is 35.6 Å². The SMILES string of the molecule is CC(C(=O)NCc1ccccc1F)N1CCN(c2ccc(Cl)cc2)CC1. The van der Waals surface area contributed by atoms with Crippen LogP contribution in [0.1, 0.15) is 12.5 Å². The first-order valence-corrected chi connectivity index (χ1v) is 9.18. The van der Waals surface area contributed by atoms with Gasteiger partial charge in [0.05, 0.1) is 6.04 Å². The molecule has 1 saturated heterocycles. The molecular formula is C20H23ClFN3O. The lowest BCUT2D eigenvalue weighted by Crippen LogP contribution is -2.53. The smallest absolute Gasteiger partial charge is 0.237 e. The largest absolute Gasteiger partial charge is 0.369 e. The first-order chi connectivity index (χ1) is 12.5. The van der Waals surface area contributed by atoms with Gasteiger partial charge in [-0.25, -0.2) is 4.39 Å². The van der Waals surface area contributed by atoms with Gasteiger partial charge in [0.15, 0.2) is 0 Å². The van der Waals surface area contributed by atoms with E-state index in [4.69, 9.17) is 11.6 Å². The minimum Gasteiger partial charge on any atom is -0.369 e. The zero-order valence-corrected chi connectivity index (χ0v) is 15.5. The van der Waals surface area contributed by atoms with Gasteiger partial charge in [-0.3, -0.25) is 9.69 Å². The van der Waals surface area contributed by atoms with E-state index in [1.54, 1.807) is 18.2 Å².